The zero-order chi connectivity index (χ0) is 62.7. The number of hydrogen-bond donors (Lipinski definition) is 6. The number of nitrogens with one attached hydrogen (secondary N) is 6. The second-order valence-corrected chi connectivity index (χ2v) is 22.7. The average Bonchev–Trinajstić information content (AvgIpc) is 3.69. The Labute approximate surface area is 512 Å². The lowest BCUT2D eigenvalue weighted by molar-refractivity contribution is -0.137. The molecule has 6 amide bonds. The van der Waals surface area contributed by atoms with E-state index in [1.54, 1.807) is 86.5 Å². The van der Waals surface area contributed by atoms with E-state index in [9.17, 15) is 47.1 Å². The van der Waals surface area contributed by atoms with E-state index in [1.807, 2.05) is 24.3 Å². The molecular weight excluding hydrogens is 1120 g/mol. The molecular formula is C68H78F2N10O8. The molecule has 2 aliphatic rings. The van der Waals surface area contributed by atoms with Crippen LogP contribution in [-0.4, -0.2) is 118 Å². The predicted octanol–water partition coefficient (Wildman–Crippen LogP) is 8.91. The number of likely N-dealkylation sites (tertiary alicyclic amines) is 2. The molecule has 20 heteroatoms. The van der Waals surface area contributed by atoms with Crippen molar-refractivity contribution in [2.24, 2.45) is 0 Å². The number of likely N-dealkylation sites (N-methyl/N-ethyl adjacent to an activating group) is 2. The van der Waals surface area contributed by atoms with Crippen molar-refractivity contribution in [2.45, 2.75) is 140 Å². The molecule has 2 fully saturated rings. The van der Waals surface area contributed by atoms with Crippen molar-refractivity contribution in [3.05, 3.63) is 190 Å². The molecule has 2 aromatic heterocycles. The number of unbranched alkanes of at least 4 members (excludes halogenated alkanes) is 5. The Bertz CT molecular complexity index is 3180. The Balaban J connectivity index is 0.749. The summed E-state index contributed by atoms with van der Waals surface area (Å²) in [6, 6.07) is 24.8. The maximum atomic E-state index is 14.4. The molecule has 0 saturated carbocycles. The largest absolute Gasteiger partial charge is 0.343 e. The Hall–Kier alpha value is -8.88. The molecule has 6 N–H and O–H groups in total. The standard InChI is InChI=1S/C68H78F2N10O8/c1-43(71-3)65(85)77-57(67(87)79-33-11-13-59(79)49-37-51(41-73-39-49)63(83)47-21-25-53(69)26-22-47)35-45-17-29-55(30-18-45)75-61(81)15-9-7-5-6-8-10-16-62(82)76-56-31-19-46(20-32-56)36-58(78-66(86)44(2)72-4)68(88)80-34-12-14-60(80)50-38-52(42-74-40-50)64(84)48-23-27-54(70)28-24-48/h17-32,37-44,57-60,71-72H,5-16,33-36H2,1-4H3,(H,75,81)(H,76,82)(H,77,85)(H,78,86)/t43-,44-,57-,58+,59-,60-/m0/s1. The van der Waals surface area contributed by atoms with Gasteiger partial charge in [0.2, 0.25) is 35.4 Å². The van der Waals surface area contributed by atoms with Gasteiger partial charge in [-0.05, 0) is 174 Å². The summed E-state index contributed by atoms with van der Waals surface area (Å²) in [6.45, 7) is 4.31. The number of hydrogen-bond acceptors (Lipinski definition) is 12. The zero-order valence-electron chi connectivity index (χ0n) is 50.3. The predicted molar refractivity (Wildman–Crippen MR) is 331 cm³/mol. The van der Waals surface area contributed by atoms with Gasteiger partial charge < -0.3 is 41.7 Å². The van der Waals surface area contributed by atoms with Gasteiger partial charge in [-0.3, -0.25) is 48.3 Å². The number of halogens is 2. The molecule has 2 aliphatic heterocycles. The van der Waals surface area contributed by atoms with Crippen LogP contribution in [0, 0.1) is 11.6 Å². The average molecular weight is 1200 g/mol. The molecule has 6 aromatic rings. The molecule has 0 unspecified atom stereocenters. The maximum Gasteiger partial charge on any atom is 0.246 e. The summed E-state index contributed by atoms with van der Waals surface area (Å²) in [5.41, 5.74) is 5.42. The Morgan fingerprint density at radius 1 is 0.489 bits per heavy atom. The van der Waals surface area contributed by atoms with E-state index in [0.29, 0.717) is 109 Å². The van der Waals surface area contributed by atoms with Gasteiger partial charge in [-0.25, -0.2) is 8.78 Å². The quantitative estimate of drug-likeness (QED) is 0.0191. The third-order valence-corrected chi connectivity index (χ3v) is 16.4. The van der Waals surface area contributed by atoms with Crippen molar-refractivity contribution in [1.82, 2.24) is 41.0 Å². The van der Waals surface area contributed by atoms with Crippen molar-refractivity contribution in [3.8, 4) is 0 Å². The summed E-state index contributed by atoms with van der Waals surface area (Å²) in [4.78, 5) is 120. The van der Waals surface area contributed by atoms with Gasteiger partial charge in [-0.2, -0.15) is 0 Å². The molecule has 6 atom stereocenters. The Kier molecular flexibility index (Phi) is 23.4. The smallest absolute Gasteiger partial charge is 0.246 e. The zero-order valence-corrected chi connectivity index (χ0v) is 50.3. The highest BCUT2D eigenvalue weighted by molar-refractivity contribution is 6.09. The van der Waals surface area contributed by atoms with Crippen LogP contribution in [0.5, 0.6) is 0 Å². The summed E-state index contributed by atoms with van der Waals surface area (Å²) < 4.78 is 27.1. The molecule has 462 valence electrons. The highest BCUT2D eigenvalue weighted by Gasteiger charge is 2.38. The van der Waals surface area contributed by atoms with Gasteiger partial charge in [0.1, 0.15) is 23.7 Å². The SMILES string of the molecule is CN[C@@H](C)C(=O)N[C@@H](Cc1ccc(NC(=O)CCCCCCCCC(=O)Nc2ccc(C[C@@H](NC(=O)[C@H](C)NC)C(=O)N3CCC[C@H]3c3cncc(C(=O)c4ccc(F)cc4)c3)cc2)cc1)C(=O)N1CCC[C@H]1c1cncc(C(=O)c2ccc(F)cc2)c1. The number of carbonyl (C=O) groups is 8. The Morgan fingerprint density at radius 3 is 1.22 bits per heavy atom. The molecule has 88 heavy (non-hydrogen) atoms. The lowest BCUT2D eigenvalue weighted by Gasteiger charge is -2.30. The van der Waals surface area contributed by atoms with E-state index in [0.717, 1.165) is 36.8 Å². The lowest BCUT2D eigenvalue weighted by atomic mass is 9.99. The molecule has 0 bridgehead atoms. The molecule has 4 aromatic carbocycles. The summed E-state index contributed by atoms with van der Waals surface area (Å²) >= 11 is 0. The minimum atomic E-state index is -0.906. The third-order valence-electron chi connectivity index (χ3n) is 16.4. The normalized spacial score (nSPS) is 16.0. The van der Waals surface area contributed by atoms with Crippen LogP contribution >= 0.6 is 0 Å². The molecule has 0 spiro atoms. The number of ketones is 2. The van der Waals surface area contributed by atoms with Gasteiger partial charge >= 0.3 is 0 Å². The number of amides is 6. The van der Waals surface area contributed by atoms with Crippen molar-refractivity contribution in [2.75, 3.05) is 37.8 Å². The molecule has 4 heterocycles. The first-order valence-corrected chi connectivity index (χ1v) is 30.3. The number of aromatic nitrogens is 2. The minimum Gasteiger partial charge on any atom is -0.343 e. The fraction of sp³-hybridized carbons (Fsp3) is 0.382. The van der Waals surface area contributed by atoms with E-state index in [-0.39, 0.29) is 71.9 Å². The number of rotatable bonds is 29. The van der Waals surface area contributed by atoms with E-state index < -0.39 is 35.8 Å². The first-order valence-electron chi connectivity index (χ1n) is 30.3. The summed E-state index contributed by atoms with van der Waals surface area (Å²) in [5.74, 6) is -2.98. The van der Waals surface area contributed by atoms with Crippen LogP contribution < -0.4 is 31.9 Å². The highest BCUT2D eigenvalue weighted by atomic mass is 19.1. The number of nitrogens with zero attached hydrogens (tertiary/aromatic N) is 4. The van der Waals surface area contributed by atoms with E-state index in [4.69, 9.17) is 0 Å². The van der Waals surface area contributed by atoms with Gasteiger partial charge in [-0.15, -0.1) is 0 Å². The molecule has 0 radical (unpaired) electrons. The molecule has 18 nitrogen and oxygen atoms in total. The van der Waals surface area contributed by atoms with Crippen LogP contribution in [-0.2, 0) is 41.6 Å². The van der Waals surface area contributed by atoms with E-state index in [1.165, 1.54) is 60.9 Å². The number of benzene rings is 4. The van der Waals surface area contributed by atoms with Gasteiger partial charge in [0.15, 0.2) is 11.6 Å². The van der Waals surface area contributed by atoms with Gasteiger partial charge in [0.25, 0.3) is 0 Å². The fourth-order valence-corrected chi connectivity index (χ4v) is 11.1. The highest BCUT2D eigenvalue weighted by Crippen LogP contribution is 2.35. The van der Waals surface area contributed by atoms with Gasteiger partial charge in [0, 0.05) is 97.2 Å². The first-order chi connectivity index (χ1) is 42.5. The van der Waals surface area contributed by atoms with Crippen molar-refractivity contribution in [3.63, 3.8) is 0 Å². The van der Waals surface area contributed by atoms with Crippen molar-refractivity contribution < 1.29 is 47.1 Å². The molecule has 0 aliphatic carbocycles. The Morgan fingerprint density at radius 2 is 0.852 bits per heavy atom. The molecule has 8 rings (SSSR count). The van der Waals surface area contributed by atoms with Crippen LogP contribution in [0.15, 0.2) is 134 Å². The third kappa shape index (κ3) is 17.9. The topological polar surface area (TPSA) is 241 Å². The first kappa shape index (κ1) is 65.1. The fourth-order valence-electron chi connectivity index (χ4n) is 11.1. The maximum absolute atomic E-state index is 14.4. The van der Waals surface area contributed by atoms with Crippen LogP contribution in [0.2, 0.25) is 0 Å². The number of pyridine rings is 2. The minimum absolute atomic E-state index is 0.121. The summed E-state index contributed by atoms with van der Waals surface area (Å²) in [5, 5.41) is 17.7. The van der Waals surface area contributed by atoms with Crippen LogP contribution in [0.4, 0.5) is 20.2 Å². The monoisotopic (exact) mass is 1200 g/mol. The number of anilines is 2. The summed E-state index contributed by atoms with van der Waals surface area (Å²) in [6.07, 6.45) is 14.9. The molecule has 2 saturated heterocycles. The lowest BCUT2D eigenvalue weighted by Crippen LogP contribution is -2.53. The second-order valence-electron chi connectivity index (χ2n) is 22.7. The summed E-state index contributed by atoms with van der Waals surface area (Å²) in [7, 11) is 3.33. The van der Waals surface area contributed by atoms with Crippen molar-refractivity contribution >= 4 is 58.4 Å². The van der Waals surface area contributed by atoms with Crippen LogP contribution in [0.3, 0.4) is 0 Å². The van der Waals surface area contributed by atoms with E-state index >= 15 is 0 Å². The van der Waals surface area contributed by atoms with Crippen molar-refractivity contribution in [1.29, 1.82) is 0 Å². The van der Waals surface area contributed by atoms with Gasteiger partial charge in [-0.1, -0.05) is 49.9 Å². The number of carbonyl (C=O) groups excluding carboxylic acids is 8. The van der Waals surface area contributed by atoms with E-state index in [2.05, 4.69) is 41.9 Å². The van der Waals surface area contributed by atoms with Crippen LogP contribution in [0.1, 0.15) is 157 Å². The van der Waals surface area contributed by atoms with Gasteiger partial charge in [0.05, 0.1) is 24.2 Å². The van der Waals surface area contributed by atoms with Crippen LogP contribution in [0.25, 0.3) is 0 Å². The second kappa shape index (κ2) is 31.7.